The molecule has 1 N–H and O–H groups in total. The molecule has 0 atom stereocenters. The first kappa shape index (κ1) is 16.5. The second kappa shape index (κ2) is 7.93. The number of benzene rings is 2. The maximum Gasteiger partial charge on any atom is 0.412 e. The Kier molecular flexibility index (Phi) is 5.68. The molecule has 6 nitrogen and oxygen atoms in total. The lowest BCUT2D eigenvalue weighted by Crippen LogP contribution is -2.14. The Morgan fingerprint density at radius 3 is 2.17 bits per heavy atom. The maximum atomic E-state index is 11.9. The van der Waals surface area contributed by atoms with Gasteiger partial charge in [0, 0.05) is 6.07 Å². The molecule has 0 heterocycles. The van der Waals surface area contributed by atoms with Crippen molar-refractivity contribution in [2.45, 2.75) is 6.61 Å². The Morgan fingerprint density at radius 1 is 0.913 bits per heavy atom. The lowest BCUT2D eigenvalue weighted by molar-refractivity contribution is 0.155. The van der Waals surface area contributed by atoms with Crippen LogP contribution in [-0.4, -0.2) is 27.4 Å². The average molecular weight is 317 g/mol. The van der Waals surface area contributed by atoms with Crippen molar-refractivity contribution in [2.24, 2.45) is 0 Å². The van der Waals surface area contributed by atoms with Gasteiger partial charge in [-0.05, 0) is 29.8 Å². The average Bonchev–Trinajstić information content (AvgIpc) is 2.60. The molecule has 1 amide bonds. The summed E-state index contributed by atoms with van der Waals surface area (Å²) in [5, 5.41) is 2.64. The van der Waals surface area contributed by atoms with Gasteiger partial charge in [-0.15, -0.1) is 0 Å². The van der Waals surface area contributed by atoms with E-state index in [1.54, 1.807) is 32.4 Å². The van der Waals surface area contributed by atoms with Gasteiger partial charge in [-0.2, -0.15) is 0 Å². The molecule has 0 radical (unpaired) electrons. The summed E-state index contributed by atoms with van der Waals surface area (Å²) in [6.45, 7) is 0.155. The van der Waals surface area contributed by atoms with Crippen LogP contribution < -0.4 is 19.5 Å². The molecule has 0 aromatic heterocycles. The van der Waals surface area contributed by atoms with E-state index in [0.29, 0.717) is 17.2 Å². The summed E-state index contributed by atoms with van der Waals surface area (Å²) in [4.78, 5) is 11.9. The quantitative estimate of drug-likeness (QED) is 0.884. The van der Waals surface area contributed by atoms with Gasteiger partial charge < -0.3 is 18.9 Å². The summed E-state index contributed by atoms with van der Waals surface area (Å²) < 4.78 is 20.6. The van der Waals surface area contributed by atoms with E-state index >= 15 is 0 Å². The first-order valence-corrected chi connectivity index (χ1v) is 6.95. The molecule has 0 aliphatic heterocycles. The number of methoxy groups -OCH3 is 3. The Labute approximate surface area is 134 Å². The van der Waals surface area contributed by atoms with Crippen molar-refractivity contribution >= 4 is 11.8 Å². The van der Waals surface area contributed by atoms with Crippen LogP contribution in [0, 0.1) is 0 Å². The normalized spacial score (nSPS) is 9.87. The van der Waals surface area contributed by atoms with E-state index in [9.17, 15) is 4.79 Å². The van der Waals surface area contributed by atoms with Crippen LogP contribution in [0.5, 0.6) is 17.2 Å². The first-order chi connectivity index (χ1) is 11.2. The van der Waals surface area contributed by atoms with Crippen LogP contribution in [0.3, 0.4) is 0 Å². The molecule has 2 rings (SSSR count). The van der Waals surface area contributed by atoms with Crippen LogP contribution in [-0.2, 0) is 11.3 Å². The molecule has 2 aromatic carbocycles. The molecule has 0 saturated carbocycles. The number of nitrogens with one attached hydrogen (secondary N) is 1. The highest BCUT2D eigenvalue weighted by Crippen LogP contribution is 2.29. The van der Waals surface area contributed by atoms with Gasteiger partial charge >= 0.3 is 6.09 Å². The van der Waals surface area contributed by atoms with Gasteiger partial charge in [-0.3, -0.25) is 5.32 Å². The van der Waals surface area contributed by atoms with Crippen LogP contribution in [0.2, 0.25) is 0 Å². The molecule has 0 aliphatic carbocycles. The predicted octanol–water partition coefficient (Wildman–Crippen LogP) is 3.46. The lowest BCUT2D eigenvalue weighted by Gasteiger charge is -2.12. The zero-order valence-electron chi connectivity index (χ0n) is 13.3. The van der Waals surface area contributed by atoms with Gasteiger partial charge in [0.2, 0.25) is 0 Å². The van der Waals surface area contributed by atoms with E-state index in [1.165, 1.54) is 7.11 Å². The Bertz CT molecular complexity index is 655. The van der Waals surface area contributed by atoms with Gasteiger partial charge in [0.25, 0.3) is 0 Å². The maximum absolute atomic E-state index is 11.9. The van der Waals surface area contributed by atoms with Crippen molar-refractivity contribution < 1.29 is 23.7 Å². The molecule has 122 valence electrons. The van der Waals surface area contributed by atoms with E-state index < -0.39 is 6.09 Å². The number of carbonyl (C=O) groups is 1. The number of hydrogen-bond donors (Lipinski definition) is 1. The van der Waals surface area contributed by atoms with Gasteiger partial charge in [-0.25, -0.2) is 4.79 Å². The lowest BCUT2D eigenvalue weighted by atomic mass is 10.2. The van der Waals surface area contributed by atoms with Crippen molar-refractivity contribution in [3.05, 3.63) is 48.0 Å². The highest BCUT2D eigenvalue weighted by atomic mass is 16.5. The fraction of sp³-hybridized carbons (Fsp3) is 0.235. The smallest absolute Gasteiger partial charge is 0.412 e. The predicted molar refractivity (Wildman–Crippen MR) is 86.3 cm³/mol. The minimum atomic E-state index is -0.577. The van der Waals surface area contributed by atoms with E-state index in [0.717, 1.165) is 11.3 Å². The minimum Gasteiger partial charge on any atom is -0.497 e. The van der Waals surface area contributed by atoms with E-state index in [-0.39, 0.29) is 6.61 Å². The summed E-state index contributed by atoms with van der Waals surface area (Å²) in [7, 11) is 4.67. The molecule has 6 heteroatoms. The van der Waals surface area contributed by atoms with Gasteiger partial charge in [0.15, 0.2) is 0 Å². The third-order valence-corrected chi connectivity index (χ3v) is 3.17. The van der Waals surface area contributed by atoms with E-state index in [4.69, 9.17) is 18.9 Å². The molecular weight excluding hydrogens is 298 g/mol. The Morgan fingerprint density at radius 2 is 1.57 bits per heavy atom. The van der Waals surface area contributed by atoms with Crippen LogP contribution >= 0.6 is 0 Å². The summed E-state index contributed by atoms with van der Waals surface area (Å²) in [5.41, 5.74) is 1.34. The number of hydrogen-bond acceptors (Lipinski definition) is 5. The van der Waals surface area contributed by atoms with Crippen molar-refractivity contribution in [1.82, 2.24) is 0 Å². The molecule has 0 aliphatic rings. The second-order valence-electron chi connectivity index (χ2n) is 4.62. The summed E-state index contributed by atoms with van der Waals surface area (Å²) in [6, 6.07) is 12.4. The van der Waals surface area contributed by atoms with Crippen LogP contribution in [0.4, 0.5) is 10.5 Å². The highest BCUT2D eigenvalue weighted by molar-refractivity contribution is 5.87. The second-order valence-corrected chi connectivity index (χ2v) is 4.62. The number of ether oxygens (including phenoxy) is 4. The zero-order chi connectivity index (χ0) is 16.7. The van der Waals surface area contributed by atoms with Crippen LogP contribution in [0.15, 0.2) is 42.5 Å². The van der Waals surface area contributed by atoms with E-state index in [2.05, 4.69) is 5.32 Å². The number of rotatable bonds is 6. The van der Waals surface area contributed by atoms with E-state index in [1.807, 2.05) is 24.3 Å². The highest BCUT2D eigenvalue weighted by Gasteiger charge is 2.10. The Balaban J connectivity index is 1.96. The number of carbonyl (C=O) groups excluding carboxylic acids is 1. The summed E-state index contributed by atoms with van der Waals surface area (Å²) >= 11 is 0. The monoisotopic (exact) mass is 317 g/mol. The fourth-order valence-corrected chi connectivity index (χ4v) is 1.93. The molecule has 0 fully saturated rings. The third kappa shape index (κ3) is 4.54. The van der Waals surface area contributed by atoms with Crippen LogP contribution in [0.1, 0.15) is 5.56 Å². The van der Waals surface area contributed by atoms with Gasteiger partial charge in [0.1, 0.15) is 23.9 Å². The zero-order valence-corrected chi connectivity index (χ0v) is 13.3. The van der Waals surface area contributed by atoms with Crippen LogP contribution in [0.25, 0.3) is 0 Å². The SMILES string of the molecule is COc1ccc(COC(=O)Nc2cc(OC)ccc2OC)cc1. The summed E-state index contributed by atoms with van der Waals surface area (Å²) in [6.07, 6.45) is -0.577. The molecule has 0 spiro atoms. The fourth-order valence-electron chi connectivity index (χ4n) is 1.93. The molecule has 0 saturated heterocycles. The number of amides is 1. The topological polar surface area (TPSA) is 66.0 Å². The van der Waals surface area contributed by atoms with Crippen molar-refractivity contribution in [1.29, 1.82) is 0 Å². The largest absolute Gasteiger partial charge is 0.497 e. The van der Waals surface area contributed by atoms with Gasteiger partial charge in [-0.1, -0.05) is 12.1 Å². The molecular formula is C17H19NO5. The molecule has 0 bridgehead atoms. The third-order valence-electron chi connectivity index (χ3n) is 3.17. The summed E-state index contributed by atoms with van der Waals surface area (Å²) in [5.74, 6) is 1.88. The molecule has 23 heavy (non-hydrogen) atoms. The minimum absolute atomic E-state index is 0.155. The Hall–Kier alpha value is -2.89. The van der Waals surface area contributed by atoms with Gasteiger partial charge in [0.05, 0.1) is 27.0 Å². The number of anilines is 1. The molecule has 0 unspecified atom stereocenters. The standard InChI is InChI=1S/C17H19NO5/c1-20-13-6-4-12(5-7-13)11-23-17(19)18-15-10-14(21-2)8-9-16(15)22-3/h4-10H,11H2,1-3H3,(H,18,19). The van der Waals surface area contributed by atoms with Crippen molar-refractivity contribution in [3.63, 3.8) is 0 Å². The van der Waals surface area contributed by atoms with Crippen molar-refractivity contribution in [2.75, 3.05) is 26.6 Å². The van der Waals surface area contributed by atoms with Crippen molar-refractivity contribution in [3.8, 4) is 17.2 Å². The first-order valence-electron chi connectivity index (χ1n) is 6.95. The molecule has 2 aromatic rings.